The van der Waals surface area contributed by atoms with Gasteiger partial charge in [0.1, 0.15) is 5.78 Å². The Morgan fingerprint density at radius 3 is 2.50 bits per heavy atom. The van der Waals surface area contributed by atoms with Crippen LogP contribution in [-0.2, 0) is 4.79 Å². The lowest BCUT2D eigenvalue weighted by Crippen LogP contribution is -2.04. The molecule has 0 aliphatic heterocycles. The highest BCUT2D eigenvalue weighted by Gasteiger charge is 2.16. The van der Waals surface area contributed by atoms with Crippen LogP contribution in [0.1, 0.15) is 58.3 Å². The third-order valence-corrected chi connectivity index (χ3v) is 4.90. The summed E-state index contributed by atoms with van der Waals surface area (Å²) in [6.07, 6.45) is 13.2. The van der Waals surface area contributed by atoms with Gasteiger partial charge in [-0.15, -0.1) is 22.4 Å². The van der Waals surface area contributed by atoms with Gasteiger partial charge in [-0.25, -0.2) is 0 Å². The van der Waals surface area contributed by atoms with Gasteiger partial charge in [-0.05, 0) is 12.8 Å². The summed E-state index contributed by atoms with van der Waals surface area (Å²) >= 11 is 2.56. The van der Waals surface area contributed by atoms with Crippen LogP contribution in [-0.4, -0.2) is 10.4 Å². The molecule has 0 atom stereocenters. The lowest BCUT2D eigenvalue weighted by Gasteiger charge is -2.09. The lowest BCUT2D eigenvalue weighted by atomic mass is 9.67. The van der Waals surface area contributed by atoms with Gasteiger partial charge in [0.15, 0.2) is 0 Å². The van der Waals surface area contributed by atoms with E-state index in [1.165, 1.54) is 51.2 Å². The molecule has 0 aromatic carbocycles. The van der Waals surface area contributed by atoms with Gasteiger partial charge in [0.2, 0.25) is 4.57 Å². The molecule has 0 amide bonds. The predicted molar refractivity (Wildman–Crippen MR) is 80.5 cm³/mol. The molecule has 0 aromatic heterocycles. The maximum atomic E-state index is 10.8. The monoisotopic (exact) mass is 334 g/mol. The molecule has 3 heteroatoms. The zero-order chi connectivity index (χ0) is 11.8. The van der Waals surface area contributed by atoms with E-state index in [4.69, 9.17) is 0 Å². The Morgan fingerprint density at radius 2 is 1.88 bits per heavy atom. The molecule has 1 saturated carbocycles. The van der Waals surface area contributed by atoms with E-state index in [0.717, 1.165) is 23.3 Å². The summed E-state index contributed by atoms with van der Waals surface area (Å²) in [6, 6.07) is 0. The number of carbonyl (C=O) groups is 1. The van der Waals surface area contributed by atoms with E-state index in [1.807, 2.05) is 0 Å². The van der Waals surface area contributed by atoms with Crippen molar-refractivity contribution in [2.75, 3.05) is 0 Å². The van der Waals surface area contributed by atoms with E-state index >= 15 is 0 Å². The van der Waals surface area contributed by atoms with Crippen molar-refractivity contribution in [3.05, 3.63) is 0 Å². The van der Waals surface area contributed by atoms with Crippen molar-refractivity contribution in [2.24, 2.45) is 5.92 Å². The quantitative estimate of drug-likeness (QED) is 0.462. The Labute approximate surface area is 114 Å². The molecular formula is C13H24BIO. The first-order valence-corrected chi connectivity index (χ1v) is 8.06. The fraction of sp³-hybridized carbons (Fsp3) is 0.923. The van der Waals surface area contributed by atoms with Crippen LogP contribution in [0.2, 0.25) is 12.6 Å². The highest BCUT2D eigenvalue weighted by molar-refractivity contribution is 14.1. The third kappa shape index (κ3) is 6.92. The zero-order valence-electron chi connectivity index (χ0n) is 10.5. The van der Waals surface area contributed by atoms with Crippen molar-refractivity contribution >= 4 is 32.7 Å². The smallest absolute Gasteiger partial charge is 0.217 e. The normalized spacial score (nSPS) is 16.6. The Bertz CT molecular complexity index is 202. The Hall–Kier alpha value is 0.465. The van der Waals surface area contributed by atoms with E-state index in [9.17, 15) is 4.79 Å². The summed E-state index contributed by atoms with van der Waals surface area (Å²) in [5.41, 5.74) is 0. The highest BCUT2D eigenvalue weighted by atomic mass is 127. The Kier molecular flexibility index (Phi) is 7.75. The molecule has 0 aromatic rings. The predicted octanol–water partition coefficient (Wildman–Crippen LogP) is 4.75. The van der Waals surface area contributed by atoms with Gasteiger partial charge in [-0.2, -0.15) is 0 Å². The zero-order valence-corrected chi connectivity index (χ0v) is 12.7. The highest BCUT2D eigenvalue weighted by Crippen LogP contribution is 2.29. The molecule has 0 radical (unpaired) electrons. The summed E-state index contributed by atoms with van der Waals surface area (Å²) < 4.78 is 0.790. The molecule has 0 unspecified atom stereocenters. The Balaban J connectivity index is 1.92. The number of Topliss-reactive ketones (excluding diaryl/α,β-unsaturated/α-hetero) is 1. The molecule has 1 aliphatic rings. The summed E-state index contributed by atoms with van der Waals surface area (Å²) in [6.45, 7) is 1.70. The van der Waals surface area contributed by atoms with E-state index in [-0.39, 0.29) is 0 Å². The second-order valence-electron chi connectivity index (χ2n) is 5.27. The van der Waals surface area contributed by atoms with Crippen LogP contribution in [0, 0.1) is 5.92 Å². The second-order valence-corrected chi connectivity index (χ2v) is 7.03. The largest absolute Gasteiger partial charge is 0.300 e. The second kappa shape index (κ2) is 8.54. The number of ketones is 1. The third-order valence-electron chi connectivity index (χ3n) is 3.65. The summed E-state index contributed by atoms with van der Waals surface area (Å²) in [5, 5.41) is 0. The van der Waals surface area contributed by atoms with Gasteiger partial charge in [0, 0.05) is 6.42 Å². The average Bonchev–Trinajstić information content (AvgIpc) is 2.70. The van der Waals surface area contributed by atoms with Crippen molar-refractivity contribution in [1.29, 1.82) is 0 Å². The molecule has 0 saturated heterocycles. The van der Waals surface area contributed by atoms with Gasteiger partial charge < -0.3 is 4.79 Å². The van der Waals surface area contributed by atoms with Crippen molar-refractivity contribution in [2.45, 2.75) is 70.9 Å². The SMILES string of the molecule is CC(=O)CCCB(I)CCCC1CCCC1. The maximum absolute atomic E-state index is 10.8. The van der Waals surface area contributed by atoms with E-state index < -0.39 is 0 Å². The van der Waals surface area contributed by atoms with Gasteiger partial charge in [0.25, 0.3) is 0 Å². The Morgan fingerprint density at radius 1 is 1.25 bits per heavy atom. The van der Waals surface area contributed by atoms with Crippen LogP contribution in [0.15, 0.2) is 0 Å². The van der Waals surface area contributed by atoms with Crippen LogP contribution < -0.4 is 0 Å². The first kappa shape index (κ1) is 14.5. The fourth-order valence-electron chi connectivity index (χ4n) is 2.64. The first-order valence-electron chi connectivity index (χ1n) is 6.82. The van der Waals surface area contributed by atoms with Crippen molar-refractivity contribution < 1.29 is 4.79 Å². The molecule has 0 heterocycles. The standard InChI is InChI=1S/C13H24BIO/c1-12(16)6-4-10-14(15)11-5-9-13-7-2-3-8-13/h13H,2-11H2,1H3. The van der Waals surface area contributed by atoms with Gasteiger partial charge in [-0.1, -0.05) is 57.6 Å². The molecule has 1 rings (SSSR count). The summed E-state index contributed by atoms with van der Waals surface area (Å²) in [5.74, 6) is 1.38. The number of halogens is 1. The molecule has 16 heavy (non-hydrogen) atoms. The van der Waals surface area contributed by atoms with Crippen LogP contribution >= 0.6 is 22.4 Å². The van der Waals surface area contributed by atoms with Gasteiger partial charge in [0.05, 0.1) is 0 Å². The minimum absolute atomic E-state index is 0.342. The fourth-order valence-corrected chi connectivity index (χ4v) is 3.52. The molecule has 0 spiro atoms. The first-order chi connectivity index (χ1) is 7.68. The molecule has 1 aliphatic carbocycles. The molecule has 1 fully saturated rings. The maximum Gasteiger partial charge on any atom is 0.217 e. The van der Waals surface area contributed by atoms with Crippen molar-refractivity contribution in [1.82, 2.24) is 0 Å². The average molecular weight is 334 g/mol. The topological polar surface area (TPSA) is 17.1 Å². The molecule has 0 bridgehead atoms. The summed E-state index contributed by atoms with van der Waals surface area (Å²) in [4.78, 5) is 10.8. The van der Waals surface area contributed by atoms with Crippen molar-refractivity contribution in [3.63, 3.8) is 0 Å². The molecular weight excluding hydrogens is 310 g/mol. The van der Waals surface area contributed by atoms with Gasteiger partial charge in [-0.3, -0.25) is 0 Å². The van der Waals surface area contributed by atoms with E-state index in [0.29, 0.717) is 5.78 Å². The molecule has 0 N–H and O–H groups in total. The number of carbonyl (C=O) groups excluding carboxylic acids is 1. The molecule has 1 nitrogen and oxygen atoms in total. The number of rotatable bonds is 8. The van der Waals surface area contributed by atoms with Gasteiger partial charge >= 0.3 is 0 Å². The van der Waals surface area contributed by atoms with Crippen LogP contribution in [0.5, 0.6) is 0 Å². The van der Waals surface area contributed by atoms with Crippen LogP contribution in [0.4, 0.5) is 0 Å². The lowest BCUT2D eigenvalue weighted by molar-refractivity contribution is -0.117. The van der Waals surface area contributed by atoms with Crippen LogP contribution in [0.3, 0.4) is 0 Å². The minimum Gasteiger partial charge on any atom is -0.300 e. The van der Waals surface area contributed by atoms with E-state index in [1.54, 1.807) is 6.92 Å². The minimum atomic E-state index is 0.342. The molecule has 92 valence electrons. The van der Waals surface area contributed by atoms with Crippen LogP contribution in [0.25, 0.3) is 0 Å². The number of hydrogen-bond acceptors (Lipinski definition) is 1. The summed E-state index contributed by atoms with van der Waals surface area (Å²) in [7, 11) is 0. The number of hydrogen-bond donors (Lipinski definition) is 0. The van der Waals surface area contributed by atoms with E-state index in [2.05, 4.69) is 22.4 Å². The van der Waals surface area contributed by atoms with Crippen molar-refractivity contribution in [3.8, 4) is 0 Å².